The number of carbonyl (C=O) groups is 2. The molecule has 0 bridgehead atoms. The van der Waals surface area contributed by atoms with Crippen molar-refractivity contribution < 1.29 is 23.8 Å². The fraction of sp³-hybridized carbons (Fsp3) is 0.280. The number of hydrogen-bond acceptors (Lipinski definition) is 5. The molecule has 154 valence electrons. The van der Waals surface area contributed by atoms with Gasteiger partial charge in [-0.05, 0) is 47.2 Å². The molecule has 4 rings (SSSR count). The van der Waals surface area contributed by atoms with Gasteiger partial charge in [-0.1, -0.05) is 48.6 Å². The quantitative estimate of drug-likeness (QED) is 0.702. The van der Waals surface area contributed by atoms with Crippen LogP contribution in [0.3, 0.4) is 0 Å². The molecular weight excluding hydrogens is 380 g/mol. The van der Waals surface area contributed by atoms with Crippen LogP contribution in [0, 0.1) is 11.8 Å². The third-order valence-electron chi connectivity index (χ3n) is 5.83. The van der Waals surface area contributed by atoms with E-state index in [1.807, 2.05) is 54.6 Å². The van der Waals surface area contributed by atoms with Gasteiger partial charge in [0.05, 0.1) is 25.7 Å². The lowest BCUT2D eigenvalue weighted by Crippen LogP contribution is -2.35. The standard InChI is InChI=1S/C25H24O5/c1-28-18-9-11-19-17(14-18)8-10-21-20(19)12-13-22(23(21)25(27)29-2)24(26)30-15-16-6-4-3-5-7-16/h3-7,9,11-14,21,23H,8,10,15H2,1-2H3/t21-,23-/m1/s1. The predicted octanol–water partition coefficient (Wildman–Crippen LogP) is 4.11. The second kappa shape index (κ2) is 8.57. The minimum absolute atomic E-state index is 0.123. The number of rotatable bonds is 5. The average molecular weight is 404 g/mol. The molecule has 2 aromatic carbocycles. The maximum atomic E-state index is 12.9. The van der Waals surface area contributed by atoms with Crippen LogP contribution in [0.4, 0.5) is 0 Å². The van der Waals surface area contributed by atoms with Gasteiger partial charge in [-0.3, -0.25) is 4.79 Å². The fourth-order valence-electron chi connectivity index (χ4n) is 4.33. The molecule has 0 amide bonds. The van der Waals surface area contributed by atoms with E-state index in [1.54, 1.807) is 13.2 Å². The summed E-state index contributed by atoms with van der Waals surface area (Å²) in [6.45, 7) is 0.161. The molecule has 2 aromatic rings. The summed E-state index contributed by atoms with van der Waals surface area (Å²) < 4.78 is 15.9. The van der Waals surface area contributed by atoms with Crippen LogP contribution in [-0.2, 0) is 32.1 Å². The molecule has 0 fully saturated rings. The van der Waals surface area contributed by atoms with Crippen molar-refractivity contribution in [1.82, 2.24) is 0 Å². The van der Waals surface area contributed by atoms with Gasteiger partial charge >= 0.3 is 11.9 Å². The zero-order chi connectivity index (χ0) is 21.1. The molecule has 0 saturated heterocycles. The maximum absolute atomic E-state index is 12.9. The Kier molecular flexibility index (Phi) is 5.70. The summed E-state index contributed by atoms with van der Waals surface area (Å²) in [5.41, 5.74) is 4.57. The van der Waals surface area contributed by atoms with Crippen LogP contribution in [0.1, 0.15) is 23.1 Å². The maximum Gasteiger partial charge on any atom is 0.335 e. The van der Waals surface area contributed by atoms with Crippen LogP contribution < -0.4 is 4.74 Å². The number of aryl methyl sites for hydroxylation is 1. The van der Waals surface area contributed by atoms with E-state index >= 15 is 0 Å². The number of allylic oxidation sites excluding steroid dienone is 3. The number of esters is 2. The Morgan fingerprint density at radius 3 is 2.57 bits per heavy atom. The Bertz CT molecular complexity index is 1020. The zero-order valence-corrected chi connectivity index (χ0v) is 17.1. The third-order valence-corrected chi connectivity index (χ3v) is 5.83. The highest BCUT2D eigenvalue weighted by Crippen LogP contribution is 2.45. The van der Waals surface area contributed by atoms with E-state index in [9.17, 15) is 9.59 Å². The van der Waals surface area contributed by atoms with E-state index in [4.69, 9.17) is 14.2 Å². The second-order valence-electron chi connectivity index (χ2n) is 7.47. The Balaban J connectivity index is 1.64. The van der Waals surface area contributed by atoms with E-state index in [0.29, 0.717) is 5.57 Å². The predicted molar refractivity (Wildman–Crippen MR) is 113 cm³/mol. The number of carbonyl (C=O) groups excluding carboxylic acids is 2. The van der Waals surface area contributed by atoms with Crippen molar-refractivity contribution in [2.24, 2.45) is 11.8 Å². The van der Waals surface area contributed by atoms with E-state index in [-0.39, 0.29) is 12.5 Å². The van der Waals surface area contributed by atoms with E-state index in [1.165, 1.54) is 12.7 Å². The molecule has 0 heterocycles. The first-order chi connectivity index (χ1) is 14.6. The molecule has 5 heteroatoms. The van der Waals surface area contributed by atoms with Gasteiger partial charge in [-0.25, -0.2) is 4.79 Å². The van der Waals surface area contributed by atoms with Gasteiger partial charge in [-0.15, -0.1) is 0 Å². The molecule has 2 aliphatic rings. The normalized spacial score (nSPS) is 19.5. The summed E-state index contributed by atoms with van der Waals surface area (Å²) >= 11 is 0. The van der Waals surface area contributed by atoms with Crippen LogP contribution in [0.5, 0.6) is 5.75 Å². The molecule has 5 nitrogen and oxygen atoms in total. The van der Waals surface area contributed by atoms with Crippen LogP contribution in [0.15, 0.2) is 66.3 Å². The van der Waals surface area contributed by atoms with Crippen LogP contribution >= 0.6 is 0 Å². The zero-order valence-electron chi connectivity index (χ0n) is 17.1. The molecule has 0 aliphatic heterocycles. The van der Waals surface area contributed by atoms with Gasteiger partial charge in [0.15, 0.2) is 0 Å². The van der Waals surface area contributed by atoms with Crippen molar-refractivity contribution >= 4 is 17.5 Å². The summed E-state index contributed by atoms with van der Waals surface area (Å²) in [4.78, 5) is 25.6. The van der Waals surface area contributed by atoms with Crippen molar-refractivity contribution in [3.05, 3.63) is 82.9 Å². The Hall–Kier alpha value is -3.34. The summed E-state index contributed by atoms with van der Waals surface area (Å²) in [7, 11) is 3.01. The molecule has 0 unspecified atom stereocenters. The molecule has 0 spiro atoms. The molecule has 0 radical (unpaired) electrons. The van der Waals surface area contributed by atoms with E-state index < -0.39 is 17.9 Å². The molecule has 0 aromatic heterocycles. The Labute approximate surface area is 176 Å². The monoisotopic (exact) mass is 404 g/mol. The van der Waals surface area contributed by atoms with Gasteiger partial charge in [0, 0.05) is 5.92 Å². The number of benzene rings is 2. The minimum Gasteiger partial charge on any atom is -0.497 e. The van der Waals surface area contributed by atoms with Crippen molar-refractivity contribution in [1.29, 1.82) is 0 Å². The van der Waals surface area contributed by atoms with Crippen LogP contribution in [0.2, 0.25) is 0 Å². The first-order valence-corrected chi connectivity index (χ1v) is 10.00. The lowest BCUT2D eigenvalue weighted by Gasteiger charge is -2.35. The molecule has 30 heavy (non-hydrogen) atoms. The number of hydrogen-bond donors (Lipinski definition) is 0. The molecule has 0 saturated carbocycles. The highest BCUT2D eigenvalue weighted by Gasteiger charge is 2.42. The summed E-state index contributed by atoms with van der Waals surface area (Å²) in [5.74, 6) is -0.874. The van der Waals surface area contributed by atoms with E-state index in [0.717, 1.165) is 35.3 Å². The second-order valence-corrected chi connectivity index (χ2v) is 7.47. The first kappa shape index (κ1) is 20.0. The molecular formula is C25H24O5. The third kappa shape index (κ3) is 3.75. The van der Waals surface area contributed by atoms with E-state index in [2.05, 4.69) is 0 Å². The number of fused-ring (bicyclic) bond motifs is 3. The Morgan fingerprint density at radius 2 is 1.83 bits per heavy atom. The van der Waals surface area contributed by atoms with Crippen molar-refractivity contribution in [2.45, 2.75) is 19.4 Å². The Morgan fingerprint density at radius 1 is 1.03 bits per heavy atom. The van der Waals surface area contributed by atoms with Gasteiger partial charge in [-0.2, -0.15) is 0 Å². The fourth-order valence-corrected chi connectivity index (χ4v) is 4.33. The largest absolute Gasteiger partial charge is 0.497 e. The van der Waals surface area contributed by atoms with Gasteiger partial charge in [0.2, 0.25) is 0 Å². The van der Waals surface area contributed by atoms with Crippen molar-refractivity contribution in [3.8, 4) is 5.75 Å². The topological polar surface area (TPSA) is 61.8 Å². The number of methoxy groups -OCH3 is 2. The van der Waals surface area contributed by atoms with Crippen LogP contribution in [0.25, 0.3) is 5.57 Å². The number of ether oxygens (including phenoxy) is 3. The highest BCUT2D eigenvalue weighted by atomic mass is 16.5. The summed E-state index contributed by atoms with van der Waals surface area (Å²) in [6.07, 6.45) is 5.19. The molecule has 2 atom stereocenters. The SMILES string of the molecule is COC(=O)[C@H]1C(C(=O)OCc2ccccc2)=CC=C2c3ccc(OC)cc3CC[C@H]21. The highest BCUT2D eigenvalue weighted by molar-refractivity contribution is 5.99. The van der Waals surface area contributed by atoms with Gasteiger partial charge in [0.1, 0.15) is 12.4 Å². The smallest absolute Gasteiger partial charge is 0.335 e. The van der Waals surface area contributed by atoms with Crippen LogP contribution in [-0.4, -0.2) is 26.2 Å². The minimum atomic E-state index is -0.673. The van der Waals surface area contributed by atoms with Gasteiger partial charge in [0.25, 0.3) is 0 Å². The molecule has 2 aliphatic carbocycles. The molecule has 0 N–H and O–H groups in total. The lowest BCUT2D eigenvalue weighted by atomic mass is 9.68. The van der Waals surface area contributed by atoms with Crippen molar-refractivity contribution in [3.63, 3.8) is 0 Å². The first-order valence-electron chi connectivity index (χ1n) is 10.00. The van der Waals surface area contributed by atoms with Crippen molar-refractivity contribution in [2.75, 3.05) is 14.2 Å². The summed E-state index contributed by atoms with van der Waals surface area (Å²) in [5, 5.41) is 0. The average Bonchev–Trinajstić information content (AvgIpc) is 2.81. The van der Waals surface area contributed by atoms with Gasteiger partial charge < -0.3 is 14.2 Å². The lowest BCUT2D eigenvalue weighted by molar-refractivity contribution is -0.150. The summed E-state index contributed by atoms with van der Waals surface area (Å²) in [6, 6.07) is 15.5.